The van der Waals surface area contributed by atoms with Gasteiger partial charge in [0.05, 0.1) is 12.5 Å². The largest absolute Gasteiger partial charge is 0.300 e. The van der Waals surface area contributed by atoms with Crippen molar-refractivity contribution in [1.29, 1.82) is 0 Å². The number of imidazole rings is 1. The molecule has 0 aliphatic heterocycles. The normalized spacial score (nSPS) is 24.1. The lowest BCUT2D eigenvalue weighted by Crippen LogP contribution is -2.33. The van der Waals surface area contributed by atoms with Gasteiger partial charge >= 0.3 is 0 Å². The number of Topliss-reactive ketones (excluding diaryl/α,β-unsaturated/α-hetero) is 1. The summed E-state index contributed by atoms with van der Waals surface area (Å²) in [7, 11) is 0. The number of rotatable bonds is 5. The van der Waals surface area contributed by atoms with Gasteiger partial charge in [-0.1, -0.05) is 19.8 Å². The molecule has 100 valence electrons. The second-order valence-corrected chi connectivity index (χ2v) is 5.52. The van der Waals surface area contributed by atoms with Crippen LogP contribution in [-0.2, 0) is 11.3 Å². The SMILES string of the molecule is CCCC[n+]1ccn([C@H]2CCCC[C@@H]2C(C)=O)c1. The van der Waals surface area contributed by atoms with Gasteiger partial charge in [-0.05, 0) is 32.6 Å². The molecule has 2 atom stereocenters. The predicted molar refractivity (Wildman–Crippen MR) is 71.2 cm³/mol. The molecule has 1 aromatic heterocycles. The van der Waals surface area contributed by atoms with Gasteiger partial charge in [-0.15, -0.1) is 0 Å². The van der Waals surface area contributed by atoms with Crippen LogP contribution in [0.5, 0.6) is 0 Å². The maximum Gasteiger partial charge on any atom is 0.243 e. The van der Waals surface area contributed by atoms with Crippen molar-refractivity contribution >= 4 is 5.78 Å². The fourth-order valence-corrected chi connectivity index (χ4v) is 3.02. The van der Waals surface area contributed by atoms with E-state index in [1.54, 1.807) is 6.92 Å². The van der Waals surface area contributed by atoms with Gasteiger partial charge in [0.1, 0.15) is 24.2 Å². The monoisotopic (exact) mass is 249 g/mol. The molecule has 0 N–H and O–H groups in total. The van der Waals surface area contributed by atoms with Crippen LogP contribution in [0.25, 0.3) is 0 Å². The molecule has 2 rings (SSSR count). The summed E-state index contributed by atoms with van der Waals surface area (Å²) in [5.74, 6) is 0.583. The fourth-order valence-electron chi connectivity index (χ4n) is 3.02. The van der Waals surface area contributed by atoms with Crippen LogP contribution in [0.15, 0.2) is 18.7 Å². The van der Waals surface area contributed by atoms with E-state index in [9.17, 15) is 4.79 Å². The number of carbonyl (C=O) groups excluding carboxylic acids is 1. The van der Waals surface area contributed by atoms with Crippen LogP contribution in [0.4, 0.5) is 0 Å². The Bertz CT molecular complexity index is 397. The molecule has 1 aromatic rings. The molecule has 0 amide bonds. The van der Waals surface area contributed by atoms with Crippen LogP contribution >= 0.6 is 0 Å². The van der Waals surface area contributed by atoms with E-state index >= 15 is 0 Å². The van der Waals surface area contributed by atoms with Crippen molar-refractivity contribution in [3.8, 4) is 0 Å². The Morgan fingerprint density at radius 2 is 2.17 bits per heavy atom. The van der Waals surface area contributed by atoms with Gasteiger partial charge in [-0.3, -0.25) is 4.79 Å². The van der Waals surface area contributed by atoms with Crippen LogP contribution in [0.3, 0.4) is 0 Å². The molecule has 0 saturated heterocycles. The van der Waals surface area contributed by atoms with Gasteiger partial charge in [0.2, 0.25) is 6.33 Å². The summed E-state index contributed by atoms with van der Waals surface area (Å²) in [6.45, 7) is 5.04. The highest BCUT2D eigenvalue weighted by Gasteiger charge is 2.33. The quantitative estimate of drug-likeness (QED) is 0.737. The first-order valence-corrected chi connectivity index (χ1v) is 7.29. The van der Waals surface area contributed by atoms with E-state index in [1.165, 1.54) is 25.7 Å². The zero-order valence-corrected chi connectivity index (χ0v) is 11.6. The van der Waals surface area contributed by atoms with Crippen LogP contribution in [0.1, 0.15) is 58.4 Å². The molecule has 3 heteroatoms. The summed E-state index contributed by atoms with van der Waals surface area (Å²) in [4.78, 5) is 11.7. The third-order valence-corrected chi connectivity index (χ3v) is 4.12. The van der Waals surface area contributed by atoms with Crippen molar-refractivity contribution < 1.29 is 9.36 Å². The second-order valence-electron chi connectivity index (χ2n) is 5.52. The maximum atomic E-state index is 11.7. The Hall–Kier alpha value is -1.12. The van der Waals surface area contributed by atoms with Crippen molar-refractivity contribution in [2.24, 2.45) is 5.92 Å². The van der Waals surface area contributed by atoms with Gasteiger partial charge < -0.3 is 0 Å². The minimum Gasteiger partial charge on any atom is -0.300 e. The molecule has 0 aromatic carbocycles. The molecular formula is C15H25N2O+. The number of hydrogen-bond donors (Lipinski definition) is 0. The Morgan fingerprint density at radius 1 is 1.39 bits per heavy atom. The summed E-state index contributed by atoms with van der Waals surface area (Å²) in [6.07, 6.45) is 13.6. The van der Waals surface area contributed by atoms with Crippen molar-refractivity contribution in [1.82, 2.24) is 4.57 Å². The molecule has 0 unspecified atom stereocenters. The average molecular weight is 249 g/mol. The fraction of sp³-hybridized carbons (Fsp3) is 0.733. The van der Waals surface area contributed by atoms with Crippen molar-refractivity contribution in [2.75, 3.05) is 0 Å². The third kappa shape index (κ3) is 3.01. The second kappa shape index (κ2) is 6.17. The van der Waals surface area contributed by atoms with E-state index in [-0.39, 0.29) is 5.92 Å². The number of nitrogens with zero attached hydrogens (tertiary/aromatic N) is 2. The van der Waals surface area contributed by atoms with Gasteiger partial charge in [-0.25, -0.2) is 9.13 Å². The summed E-state index contributed by atoms with van der Waals surface area (Å²) < 4.78 is 4.51. The summed E-state index contributed by atoms with van der Waals surface area (Å²) in [5.41, 5.74) is 0. The Balaban J connectivity index is 2.08. The van der Waals surface area contributed by atoms with Crippen molar-refractivity contribution in [3.63, 3.8) is 0 Å². The van der Waals surface area contributed by atoms with E-state index in [2.05, 4.69) is 34.8 Å². The number of carbonyl (C=O) groups is 1. The molecular weight excluding hydrogens is 224 g/mol. The molecule has 1 aliphatic carbocycles. The molecule has 18 heavy (non-hydrogen) atoms. The van der Waals surface area contributed by atoms with Gasteiger partial charge in [0.15, 0.2) is 0 Å². The highest BCUT2D eigenvalue weighted by molar-refractivity contribution is 5.78. The first-order valence-electron chi connectivity index (χ1n) is 7.29. The molecule has 3 nitrogen and oxygen atoms in total. The Kier molecular flexibility index (Phi) is 4.56. The lowest BCUT2D eigenvalue weighted by Gasteiger charge is -2.26. The smallest absolute Gasteiger partial charge is 0.243 e. The molecule has 1 aliphatic rings. The summed E-state index contributed by atoms with van der Waals surface area (Å²) >= 11 is 0. The van der Waals surface area contributed by atoms with Crippen LogP contribution in [0.2, 0.25) is 0 Å². The third-order valence-electron chi connectivity index (χ3n) is 4.12. The lowest BCUT2D eigenvalue weighted by molar-refractivity contribution is -0.697. The maximum absolute atomic E-state index is 11.7. The average Bonchev–Trinajstić information content (AvgIpc) is 2.85. The van der Waals surface area contributed by atoms with Crippen molar-refractivity contribution in [2.45, 2.75) is 65.0 Å². The van der Waals surface area contributed by atoms with Crippen LogP contribution < -0.4 is 4.57 Å². The standard InChI is InChI=1S/C15H25N2O/c1-3-4-9-16-10-11-17(12-16)15-8-6-5-7-14(15)13(2)18/h10-12,14-15H,3-9H2,1-2H3/q+1/t14-,15+/m1/s1. The summed E-state index contributed by atoms with van der Waals surface area (Å²) in [5, 5.41) is 0. The molecule has 1 heterocycles. The topological polar surface area (TPSA) is 25.9 Å². The molecule has 0 bridgehead atoms. The number of hydrogen-bond acceptors (Lipinski definition) is 1. The molecule has 1 fully saturated rings. The first kappa shape index (κ1) is 13.3. The molecule has 0 radical (unpaired) electrons. The zero-order chi connectivity index (χ0) is 13.0. The van der Waals surface area contributed by atoms with Crippen molar-refractivity contribution in [3.05, 3.63) is 18.7 Å². The van der Waals surface area contributed by atoms with Gasteiger partial charge in [0, 0.05) is 0 Å². The molecule has 0 spiro atoms. The minimum absolute atomic E-state index is 0.228. The Morgan fingerprint density at radius 3 is 2.89 bits per heavy atom. The minimum atomic E-state index is 0.228. The van der Waals surface area contributed by atoms with E-state index in [4.69, 9.17) is 0 Å². The number of unbranched alkanes of at least 4 members (excludes halogenated alkanes) is 1. The van der Waals surface area contributed by atoms with E-state index in [0.29, 0.717) is 11.8 Å². The Labute approximate surface area is 110 Å². The predicted octanol–water partition coefficient (Wildman–Crippen LogP) is 2.90. The number of aryl methyl sites for hydroxylation is 1. The van der Waals surface area contributed by atoms with Gasteiger partial charge in [-0.2, -0.15) is 0 Å². The number of aromatic nitrogens is 2. The van der Waals surface area contributed by atoms with Crippen LogP contribution in [0, 0.1) is 5.92 Å². The van der Waals surface area contributed by atoms with E-state index in [0.717, 1.165) is 19.4 Å². The van der Waals surface area contributed by atoms with Crippen LogP contribution in [-0.4, -0.2) is 10.4 Å². The van der Waals surface area contributed by atoms with Gasteiger partial charge in [0.25, 0.3) is 0 Å². The highest BCUT2D eigenvalue weighted by Crippen LogP contribution is 2.34. The zero-order valence-electron chi connectivity index (χ0n) is 11.6. The van der Waals surface area contributed by atoms with E-state index in [1.807, 2.05) is 0 Å². The molecule has 1 saturated carbocycles. The number of ketones is 1. The lowest BCUT2D eigenvalue weighted by atomic mass is 9.82. The van der Waals surface area contributed by atoms with E-state index < -0.39 is 0 Å². The summed E-state index contributed by atoms with van der Waals surface area (Å²) in [6, 6.07) is 0.388. The first-order chi connectivity index (χ1) is 8.72. The highest BCUT2D eigenvalue weighted by atomic mass is 16.1.